The van der Waals surface area contributed by atoms with Gasteiger partial charge in [-0.3, -0.25) is 9.59 Å². The van der Waals surface area contributed by atoms with Gasteiger partial charge in [0.2, 0.25) is 0 Å². The van der Waals surface area contributed by atoms with E-state index in [-0.39, 0.29) is 24.2 Å². The Labute approximate surface area is 185 Å². The first-order valence-electron chi connectivity index (χ1n) is 10.8. The van der Waals surface area contributed by atoms with Crippen LogP contribution in [0.15, 0.2) is 24.3 Å². The average molecular weight is 427 g/mol. The molecular weight excluding hydrogens is 392 g/mol. The number of carbonyl (C=O) groups is 3. The standard InChI is InChI=1S/C25H34N2O4/c1-9-31-25(30)22-17(5)21(18(6)26(22)8)23(28)19(7)27(14-15(2)3)24(29)20-12-10-16(4)11-13-20/h10-13,15,19H,9,14H2,1-8H3. The molecule has 0 fully saturated rings. The predicted octanol–water partition coefficient (Wildman–Crippen LogP) is 4.50. The smallest absolute Gasteiger partial charge is 0.355 e. The lowest BCUT2D eigenvalue weighted by Gasteiger charge is -2.30. The summed E-state index contributed by atoms with van der Waals surface area (Å²) in [5.74, 6) is -0.613. The molecule has 0 aliphatic carbocycles. The van der Waals surface area contributed by atoms with Crippen LogP contribution >= 0.6 is 0 Å². The highest BCUT2D eigenvalue weighted by Crippen LogP contribution is 2.25. The van der Waals surface area contributed by atoms with Crippen molar-refractivity contribution in [1.29, 1.82) is 0 Å². The zero-order valence-electron chi connectivity index (χ0n) is 19.9. The summed E-state index contributed by atoms with van der Waals surface area (Å²) in [7, 11) is 1.75. The number of rotatable bonds is 8. The lowest BCUT2D eigenvalue weighted by atomic mass is 9.98. The maximum absolute atomic E-state index is 13.6. The monoisotopic (exact) mass is 426 g/mol. The van der Waals surface area contributed by atoms with Gasteiger partial charge in [-0.05, 0) is 58.2 Å². The van der Waals surface area contributed by atoms with Crippen LogP contribution in [0.1, 0.15) is 75.7 Å². The Bertz CT molecular complexity index is 970. The molecule has 0 aliphatic heterocycles. The highest BCUT2D eigenvalue weighted by molar-refractivity contribution is 6.07. The number of esters is 1. The predicted molar refractivity (Wildman–Crippen MR) is 122 cm³/mol. The molecule has 0 aliphatic rings. The van der Waals surface area contributed by atoms with Gasteiger partial charge < -0.3 is 14.2 Å². The Balaban J connectivity index is 2.46. The van der Waals surface area contributed by atoms with Crippen molar-refractivity contribution in [2.45, 2.75) is 54.5 Å². The summed E-state index contributed by atoms with van der Waals surface area (Å²) in [5.41, 5.74) is 3.74. The molecule has 1 amide bonds. The van der Waals surface area contributed by atoms with Crippen molar-refractivity contribution in [3.8, 4) is 0 Å². The number of ether oxygens (including phenoxy) is 1. The van der Waals surface area contributed by atoms with Crippen molar-refractivity contribution in [2.75, 3.05) is 13.2 Å². The summed E-state index contributed by atoms with van der Waals surface area (Å²) >= 11 is 0. The van der Waals surface area contributed by atoms with Crippen LogP contribution in [-0.4, -0.2) is 46.3 Å². The third kappa shape index (κ3) is 5.06. The van der Waals surface area contributed by atoms with E-state index >= 15 is 0 Å². The van der Waals surface area contributed by atoms with Crippen LogP contribution in [0.5, 0.6) is 0 Å². The van der Waals surface area contributed by atoms with E-state index in [2.05, 4.69) is 0 Å². The minimum absolute atomic E-state index is 0.175. The van der Waals surface area contributed by atoms with E-state index in [9.17, 15) is 14.4 Å². The second-order valence-corrected chi connectivity index (χ2v) is 8.47. The van der Waals surface area contributed by atoms with Crippen LogP contribution in [0.2, 0.25) is 0 Å². The third-order valence-electron chi connectivity index (χ3n) is 5.61. The molecule has 2 aromatic rings. The highest BCUT2D eigenvalue weighted by Gasteiger charge is 2.33. The number of aryl methyl sites for hydroxylation is 1. The molecule has 0 spiro atoms. The molecular formula is C25H34N2O4. The van der Waals surface area contributed by atoms with Gasteiger partial charge in [0.1, 0.15) is 5.69 Å². The van der Waals surface area contributed by atoms with Crippen molar-refractivity contribution in [1.82, 2.24) is 9.47 Å². The number of amides is 1. The quantitative estimate of drug-likeness (QED) is 0.460. The number of ketones is 1. The first-order valence-corrected chi connectivity index (χ1v) is 10.8. The first-order chi connectivity index (χ1) is 14.5. The molecule has 1 aromatic carbocycles. The van der Waals surface area contributed by atoms with Gasteiger partial charge in [0, 0.05) is 30.4 Å². The molecule has 0 saturated carbocycles. The molecule has 1 unspecified atom stereocenters. The Morgan fingerprint density at radius 2 is 1.61 bits per heavy atom. The van der Waals surface area contributed by atoms with Crippen molar-refractivity contribution in [2.24, 2.45) is 13.0 Å². The number of aromatic nitrogens is 1. The van der Waals surface area contributed by atoms with Crippen LogP contribution in [-0.2, 0) is 11.8 Å². The normalized spacial score (nSPS) is 12.0. The zero-order valence-corrected chi connectivity index (χ0v) is 19.9. The Morgan fingerprint density at radius 3 is 2.13 bits per heavy atom. The molecule has 2 rings (SSSR count). The fourth-order valence-electron chi connectivity index (χ4n) is 3.85. The molecule has 168 valence electrons. The molecule has 0 radical (unpaired) electrons. The summed E-state index contributed by atoms with van der Waals surface area (Å²) in [6, 6.07) is 6.69. The van der Waals surface area contributed by atoms with Crippen LogP contribution in [0.3, 0.4) is 0 Å². The van der Waals surface area contributed by atoms with E-state index < -0.39 is 12.0 Å². The van der Waals surface area contributed by atoms with E-state index in [0.717, 1.165) is 5.56 Å². The number of Topliss-reactive ketones (excluding diaryl/α,β-unsaturated/α-hetero) is 1. The number of carbonyl (C=O) groups excluding carboxylic acids is 3. The SMILES string of the molecule is CCOC(=O)c1c(C)c(C(=O)C(C)N(CC(C)C)C(=O)c2ccc(C)cc2)c(C)n1C. The average Bonchev–Trinajstić information content (AvgIpc) is 2.93. The van der Waals surface area contributed by atoms with Crippen LogP contribution in [0.4, 0.5) is 0 Å². The zero-order chi connectivity index (χ0) is 23.5. The van der Waals surface area contributed by atoms with E-state index in [1.807, 2.05) is 39.8 Å². The Kier molecular flexibility index (Phi) is 7.82. The van der Waals surface area contributed by atoms with E-state index in [1.54, 1.807) is 49.4 Å². The van der Waals surface area contributed by atoms with Gasteiger partial charge in [-0.15, -0.1) is 0 Å². The second kappa shape index (κ2) is 9.94. The van der Waals surface area contributed by atoms with Gasteiger partial charge in [-0.25, -0.2) is 4.79 Å². The van der Waals surface area contributed by atoms with Gasteiger partial charge in [-0.1, -0.05) is 31.5 Å². The Hall–Kier alpha value is -2.89. The fraction of sp³-hybridized carbons (Fsp3) is 0.480. The topological polar surface area (TPSA) is 68.6 Å². The summed E-state index contributed by atoms with van der Waals surface area (Å²) in [4.78, 5) is 40.9. The van der Waals surface area contributed by atoms with Crippen molar-refractivity contribution >= 4 is 17.7 Å². The van der Waals surface area contributed by atoms with E-state index in [1.165, 1.54) is 0 Å². The summed E-state index contributed by atoms with van der Waals surface area (Å²) in [6.07, 6.45) is 0. The molecule has 1 aromatic heterocycles. The van der Waals surface area contributed by atoms with Gasteiger partial charge in [0.05, 0.1) is 12.6 Å². The minimum Gasteiger partial charge on any atom is -0.461 e. The van der Waals surface area contributed by atoms with E-state index in [0.29, 0.717) is 34.6 Å². The molecule has 0 saturated heterocycles. The maximum atomic E-state index is 13.6. The van der Waals surface area contributed by atoms with E-state index in [4.69, 9.17) is 4.74 Å². The third-order valence-corrected chi connectivity index (χ3v) is 5.61. The minimum atomic E-state index is -0.675. The number of hydrogen-bond donors (Lipinski definition) is 0. The van der Waals surface area contributed by atoms with Gasteiger partial charge >= 0.3 is 5.97 Å². The number of hydrogen-bond acceptors (Lipinski definition) is 4. The maximum Gasteiger partial charge on any atom is 0.355 e. The fourth-order valence-corrected chi connectivity index (χ4v) is 3.85. The van der Waals surface area contributed by atoms with Crippen molar-refractivity contribution in [3.63, 3.8) is 0 Å². The first kappa shape index (κ1) is 24.4. The molecule has 1 atom stereocenters. The van der Waals surface area contributed by atoms with Crippen molar-refractivity contribution < 1.29 is 19.1 Å². The molecule has 1 heterocycles. The van der Waals surface area contributed by atoms with Gasteiger partial charge in [0.15, 0.2) is 5.78 Å². The van der Waals surface area contributed by atoms with Crippen molar-refractivity contribution in [3.05, 3.63) is 57.9 Å². The summed E-state index contributed by atoms with van der Waals surface area (Å²) < 4.78 is 6.86. The molecule has 6 nitrogen and oxygen atoms in total. The summed E-state index contributed by atoms with van der Waals surface area (Å²) in [6.45, 7) is 13.8. The van der Waals surface area contributed by atoms with Crippen LogP contribution in [0.25, 0.3) is 0 Å². The molecule has 0 bridgehead atoms. The molecule has 6 heteroatoms. The Morgan fingerprint density at radius 1 is 1.03 bits per heavy atom. The summed E-state index contributed by atoms with van der Waals surface area (Å²) in [5, 5.41) is 0. The molecule has 0 N–H and O–H groups in total. The van der Waals surface area contributed by atoms with Crippen LogP contribution < -0.4 is 0 Å². The second-order valence-electron chi connectivity index (χ2n) is 8.47. The van der Waals surface area contributed by atoms with Crippen LogP contribution in [0, 0.1) is 26.7 Å². The highest BCUT2D eigenvalue weighted by atomic mass is 16.5. The lowest BCUT2D eigenvalue weighted by Crippen LogP contribution is -2.45. The number of benzene rings is 1. The lowest BCUT2D eigenvalue weighted by molar-refractivity contribution is 0.0513. The largest absolute Gasteiger partial charge is 0.461 e. The van der Waals surface area contributed by atoms with Gasteiger partial charge in [-0.2, -0.15) is 0 Å². The van der Waals surface area contributed by atoms with Gasteiger partial charge in [0.25, 0.3) is 5.91 Å². The molecule has 31 heavy (non-hydrogen) atoms. The number of nitrogens with zero attached hydrogens (tertiary/aromatic N) is 2.